The molecule has 0 saturated heterocycles. The van der Waals surface area contributed by atoms with E-state index in [1.165, 1.54) is 25.7 Å². The molecule has 2 N–H and O–H groups in total. The van der Waals surface area contributed by atoms with E-state index in [2.05, 4.69) is 35.0 Å². The second-order valence-electron chi connectivity index (χ2n) is 6.15. The van der Waals surface area contributed by atoms with Crippen LogP contribution in [-0.4, -0.2) is 5.60 Å². The SMILES string of the molecule is CCC1CCCC2(C1)CC(N)c1cc(Br)ccc1O2. The van der Waals surface area contributed by atoms with Gasteiger partial charge < -0.3 is 10.5 Å². The highest BCUT2D eigenvalue weighted by Gasteiger charge is 2.43. The first-order valence-corrected chi connectivity index (χ1v) is 8.15. The fourth-order valence-electron chi connectivity index (χ4n) is 3.76. The molecule has 0 aromatic heterocycles. The summed E-state index contributed by atoms with van der Waals surface area (Å²) in [6.45, 7) is 2.29. The molecule has 1 heterocycles. The molecule has 1 spiro atoms. The Morgan fingerprint density at radius 3 is 3.05 bits per heavy atom. The van der Waals surface area contributed by atoms with E-state index in [1.54, 1.807) is 0 Å². The maximum atomic E-state index is 6.42. The molecule has 0 radical (unpaired) electrons. The monoisotopic (exact) mass is 323 g/mol. The molecule has 3 unspecified atom stereocenters. The van der Waals surface area contributed by atoms with E-state index in [1.807, 2.05) is 6.07 Å². The van der Waals surface area contributed by atoms with Gasteiger partial charge in [0.25, 0.3) is 0 Å². The highest BCUT2D eigenvalue weighted by Crippen LogP contribution is 2.47. The zero-order valence-corrected chi connectivity index (χ0v) is 13.1. The molecule has 1 fully saturated rings. The second kappa shape index (κ2) is 5.10. The predicted octanol–water partition coefficient (Wildman–Crippen LogP) is 4.57. The zero-order valence-electron chi connectivity index (χ0n) is 11.5. The van der Waals surface area contributed by atoms with Gasteiger partial charge in [-0.05, 0) is 43.4 Å². The quantitative estimate of drug-likeness (QED) is 0.821. The summed E-state index contributed by atoms with van der Waals surface area (Å²) < 4.78 is 7.50. The Kier molecular flexibility index (Phi) is 3.61. The lowest BCUT2D eigenvalue weighted by molar-refractivity contribution is -0.0175. The Morgan fingerprint density at radius 2 is 2.26 bits per heavy atom. The number of hydrogen-bond donors (Lipinski definition) is 1. The lowest BCUT2D eigenvalue weighted by atomic mass is 9.72. The van der Waals surface area contributed by atoms with Crippen molar-refractivity contribution in [3.05, 3.63) is 28.2 Å². The lowest BCUT2D eigenvalue weighted by Gasteiger charge is -2.46. The van der Waals surface area contributed by atoms with Crippen LogP contribution in [0.3, 0.4) is 0 Å². The highest BCUT2D eigenvalue weighted by molar-refractivity contribution is 9.10. The predicted molar refractivity (Wildman–Crippen MR) is 81.3 cm³/mol. The summed E-state index contributed by atoms with van der Waals surface area (Å²) in [7, 11) is 0. The molecule has 1 aromatic rings. The Balaban J connectivity index is 1.89. The molecule has 3 atom stereocenters. The van der Waals surface area contributed by atoms with Crippen molar-refractivity contribution >= 4 is 15.9 Å². The molecule has 19 heavy (non-hydrogen) atoms. The third-order valence-electron chi connectivity index (χ3n) is 4.77. The summed E-state index contributed by atoms with van der Waals surface area (Å²) in [6, 6.07) is 6.32. The minimum atomic E-state index is -0.000821. The first-order valence-electron chi connectivity index (χ1n) is 7.36. The van der Waals surface area contributed by atoms with Gasteiger partial charge in [-0.15, -0.1) is 0 Å². The number of fused-ring (bicyclic) bond motifs is 1. The van der Waals surface area contributed by atoms with Gasteiger partial charge in [0, 0.05) is 22.5 Å². The van der Waals surface area contributed by atoms with Crippen LogP contribution < -0.4 is 10.5 Å². The molecule has 0 amide bonds. The first kappa shape index (κ1) is 13.4. The smallest absolute Gasteiger partial charge is 0.124 e. The number of halogens is 1. The van der Waals surface area contributed by atoms with Crippen LogP contribution in [0.1, 0.15) is 57.1 Å². The van der Waals surface area contributed by atoms with Crippen LogP contribution in [0, 0.1) is 5.92 Å². The van der Waals surface area contributed by atoms with Crippen LogP contribution in [-0.2, 0) is 0 Å². The molecule has 1 aromatic carbocycles. The van der Waals surface area contributed by atoms with Crippen LogP contribution in [0.2, 0.25) is 0 Å². The third-order valence-corrected chi connectivity index (χ3v) is 5.27. The van der Waals surface area contributed by atoms with Crippen LogP contribution in [0.4, 0.5) is 0 Å². The van der Waals surface area contributed by atoms with E-state index >= 15 is 0 Å². The van der Waals surface area contributed by atoms with Crippen molar-refractivity contribution in [2.75, 3.05) is 0 Å². The van der Waals surface area contributed by atoms with E-state index in [4.69, 9.17) is 10.5 Å². The van der Waals surface area contributed by atoms with Crippen LogP contribution in [0.15, 0.2) is 22.7 Å². The Morgan fingerprint density at radius 1 is 1.42 bits per heavy atom. The van der Waals surface area contributed by atoms with Gasteiger partial charge in [0.05, 0.1) is 0 Å². The number of nitrogens with two attached hydrogens (primary N) is 1. The van der Waals surface area contributed by atoms with E-state index in [0.29, 0.717) is 0 Å². The topological polar surface area (TPSA) is 35.2 Å². The maximum absolute atomic E-state index is 6.42. The van der Waals surface area contributed by atoms with Crippen LogP contribution in [0.5, 0.6) is 5.75 Å². The van der Waals surface area contributed by atoms with Crippen molar-refractivity contribution in [3.8, 4) is 5.75 Å². The summed E-state index contributed by atoms with van der Waals surface area (Å²) in [6.07, 6.45) is 7.18. The van der Waals surface area contributed by atoms with Gasteiger partial charge in [-0.3, -0.25) is 0 Å². The lowest BCUT2D eigenvalue weighted by Crippen LogP contribution is -2.46. The maximum Gasteiger partial charge on any atom is 0.124 e. The van der Waals surface area contributed by atoms with Crippen molar-refractivity contribution in [2.45, 2.75) is 57.1 Å². The largest absolute Gasteiger partial charge is 0.487 e. The van der Waals surface area contributed by atoms with Gasteiger partial charge in [-0.25, -0.2) is 0 Å². The minimum absolute atomic E-state index is 0.000821. The van der Waals surface area contributed by atoms with Crippen molar-refractivity contribution in [3.63, 3.8) is 0 Å². The normalized spacial score (nSPS) is 33.8. The van der Waals surface area contributed by atoms with Crippen molar-refractivity contribution in [1.29, 1.82) is 0 Å². The number of hydrogen-bond acceptors (Lipinski definition) is 2. The molecule has 2 nitrogen and oxygen atoms in total. The van der Waals surface area contributed by atoms with Crippen molar-refractivity contribution in [2.24, 2.45) is 11.7 Å². The Labute approximate surface area is 123 Å². The van der Waals surface area contributed by atoms with Crippen molar-refractivity contribution < 1.29 is 4.74 Å². The van der Waals surface area contributed by atoms with Gasteiger partial charge in [-0.2, -0.15) is 0 Å². The van der Waals surface area contributed by atoms with Crippen LogP contribution in [0.25, 0.3) is 0 Å². The first-order chi connectivity index (χ1) is 9.12. The van der Waals surface area contributed by atoms with Gasteiger partial charge in [0.15, 0.2) is 0 Å². The fraction of sp³-hybridized carbons (Fsp3) is 0.625. The van der Waals surface area contributed by atoms with E-state index < -0.39 is 0 Å². The molecule has 1 aliphatic carbocycles. The van der Waals surface area contributed by atoms with Gasteiger partial charge in [0.1, 0.15) is 11.4 Å². The van der Waals surface area contributed by atoms with Gasteiger partial charge in [-0.1, -0.05) is 35.7 Å². The summed E-state index contributed by atoms with van der Waals surface area (Å²) >= 11 is 3.52. The number of ether oxygens (including phenoxy) is 1. The van der Waals surface area contributed by atoms with E-state index in [-0.39, 0.29) is 11.6 Å². The molecule has 2 aliphatic rings. The zero-order chi connectivity index (χ0) is 13.5. The van der Waals surface area contributed by atoms with E-state index in [9.17, 15) is 0 Å². The summed E-state index contributed by atoms with van der Waals surface area (Å²) in [5.74, 6) is 1.80. The number of benzene rings is 1. The fourth-order valence-corrected chi connectivity index (χ4v) is 4.14. The minimum Gasteiger partial charge on any atom is -0.487 e. The summed E-state index contributed by atoms with van der Waals surface area (Å²) in [4.78, 5) is 0. The van der Waals surface area contributed by atoms with Crippen molar-refractivity contribution in [1.82, 2.24) is 0 Å². The summed E-state index contributed by atoms with van der Waals surface area (Å²) in [5, 5.41) is 0. The molecular formula is C16H22BrNO. The average Bonchev–Trinajstić information content (AvgIpc) is 2.40. The molecule has 1 aliphatic heterocycles. The summed E-state index contributed by atoms with van der Waals surface area (Å²) in [5.41, 5.74) is 7.56. The molecule has 104 valence electrons. The number of rotatable bonds is 1. The second-order valence-corrected chi connectivity index (χ2v) is 7.06. The standard InChI is InChI=1S/C16H22BrNO/c1-2-11-4-3-7-16(9-11)10-14(18)13-8-12(17)5-6-15(13)19-16/h5-6,8,11,14H,2-4,7,9-10,18H2,1H3. The Bertz CT molecular complexity index is 476. The van der Waals surface area contributed by atoms with Gasteiger partial charge in [0.2, 0.25) is 0 Å². The van der Waals surface area contributed by atoms with Crippen LogP contribution >= 0.6 is 15.9 Å². The Hall–Kier alpha value is -0.540. The molecular weight excluding hydrogens is 302 g/mol. The van der Waals surface area contributed by atoms with E-state index in [0.717, 1.165) is 34.5 Å². The molecule has 3 heteroatoms. The highest BCUT2D eigenvalue weighted by atomic mass is 79.9. The molecule has 1 saturated carbocycles. The molecule has 0 bridgehead atoms. The van der Waals surface area contributed by atoms with Gasteiger partial charge >= 0.3 is 0 Å². The third kappa shape index (κ3) is 2.55. The average molecular weight is 324 g/mol. The molecule has 3 rings (SSSR count).